The van der Waals surface area contributed by atoms with Crippen molar-refractivity contribution in [1.82, 2.24) is 5.32 Å². The third-order valence-electron chi connectivity index (χ3n) is 3.60. The second-order valence-electron chi connectivity index (χ2n) is 5.27. The van der Waals surface area contributed by atoms with Gasteiger partial charge in [-0.1, -0.05) is 23.4 Å². The van der Waals surface area contributed by atoms with Gasteiger partial charge in [-0.05, 0) is 54.7 Å². The van der Waals surface area contributed by atoms with E-state index in [1.807, 2.05) is 0 Å². The Kier molecular flexibility index (Phi) is 4.35. The lowest BCUT2D eigenvalue weighted by Crippen LogP contribution is -2.59. The van der Waals surface area contributed by atoms with Gasteiger partial charge in [0.1, 0.15) is 5.82 Å². The maximum Gasteiger partial charge on any atom is 0.427 e. The van der Waals surface area contributed by atoms with Gasteiger partial charge in [-0.25, -0.2) is 4.39 Å². The van der Waals surface area contributed by atoms with Crippen molar-refractivity contribution in [1.29, 1.82) is 0 Å². The normalized spacial score (nSPS) is 19.2. The highest BCUT2D eigenvalue weighted by Crippen LogP contribution is 2.44. The van der Waals surface area contributed by atoms with E-state index in [4.69, 9.17) is 23.8 Å². The van der Waals surface area contributed by atoms with Crippen molar-refractivity contribution in [3.05, 3.63) is 64.4 Å². The predicted octanol–water partition coefficient (Wildman–Crippen LogP) is 4.59. The molecule has 0 amide bonds. The molecule has 0 aromatic heterocycles. The Morgan fingerprint density at radius 3 is 2.40 bits per heavy atom. The average molecular weight is 385 g/mol. The van der Waals surface area contributed by atoms with Crippen molar-refractivity contribution >= 4 is 34.6 Å². The monoisotopic (exact) mass is 384 g/mol. The van der Waals surface area contributed by atoms with Gasteiger partial charge in [0, 0.05) is 21.8 Å². The predicted molar refractivity (Wildman–Crippen MR) is 91.8 cm³/mol. The second kappa shape index (κ2) is 6.21. The molecule has 1 unspecified atom stereocenters. The second-order valence-corrected chi connectivity index (χ2v) is 6.12. The third kappa shape index (κ3) is 3.28. The van der Waals surface area contributed by atoms with Crippen molar-refractivity contribution in [2.24, 2.45) is 0 Å². The molecule has 2 aromatic rings. The van der Waals surface area contributed by atoms with Gasteiger partial charge in [-0.15, -0.1) is 0 Å². The molecule has 1 aliphatic rings. The van der Waals surface area contributed by atoms with Crippen LogP contribution in [0.25, 0.3) is 0 Å². The summed E-state index contributed by atoms with van der Waals surface area (Å²) in [5.41, 5.74) is -2.52. The number of rotatable bonds is 0. The molecule has 0 fully saturated rings. The van der Waals surface area contributed by atoms with Gasteiger partial charge >= 0.3 is 6.18 Å². The van der Waals surface area contributed by atoms with Crippen LogP contribution in [0.2, 0.25) is 5.02 Å². The Bertz CT molecular complexity index is 900. The van der Waals surface area contributed by atoms with E-state index < -0.39 is 17.5 Å². The first kappa shape index (κ1) is 17.5. The minimum atomic E-state index is -4.79. The van der Waals surface area contributed by atoms with Crippen LogP contribution >= 0.6 is 23.8 Å². The Labute approximate surface area is 151 Å². The number of hydrogen-bond donors (Lipinski definition) is 2. The molecule has 2 nitrogen and oxygen atoms in total. The number of alkyl halides is 3. The van der Waals surface area contributed by atoms with Crippen molar-refractivity contribution in [2.45, 2.75) is 11.7 Å². The molecule has 0 spiro atoms. The molecule has 0 bridgehead atoms. The molecule has 0 saturated carbocycles. The number of thiocarbonyl (C=S) groups is 1. The first-order valence-electron chi connectivity index (χ1n) is 6.96. The molecule has 1 heterocycles. The Balaban J connectivity index is 2.21. The van der Waals surface area contributed by atoms with Gasteiger partial charge in [0.25, 0.3) is 0 Å². The van der Waals surface area contributed by atoms with Crippen molar-refractivity contribution in [3.63, 3.8) is 0 Å². The van der Waals surface area contributed by atoms with E-state index in [1.165, 1.54) is 30.3 Å². The first-order chi connectivity index (χ1) is 11.7. The van der Waals surface area contributed by atoms with Crippen molar-refractivity contribution < 1.29 is 17.6 Å². The molecular formula is C17H9ClF4N2S. The summed E-state index contributed by atoms with van der Waals surface area (Å²) in [4.78, 5) is 0. The van der Waals surface area contributed by atoms with Gasteiger partial charge in [-0.2, -0.15) is 13.2 Å². The minimum absolute atomic E-state index is 0.132. The zero-order valence-corrected chi connectivity index (χ0v) is 13.9. The van der Waals surface area contributed by atoms with E-state index in [2.05, 4.69) is 22.5 Å². The molecular weight excluding hydrogens is 376 g/mol. The van der Waals surface area contributed by atoms with Crippen LogP contribution in [-0.2, 0) is 5.54 Å². The highest BCUT2D eigenvalue weighted by molar-refractivity contribution is 7.80. The Morgan fingerprint density at radius 1 is 1.08 bits per heavy atom. The number of halogens is 5. The van der Waals surface area contributed by atoms with E-state index in [1.54, 1.807) is 0 Å². The molecule has 128 valence electrons. The zero-order chi connectivity index (χ0) is 18.2. The van der Waals surface area contributed by atoms with Gasteiger partial charge in [0.05, 0.1) is 0 Å². The number of benzene rings is 2. The molecule has 2 aromatic carbocycles. The highest BCUT2D eigenvalue weighted by atomic mass is 35.5. The molecule has 2 N–H and O–H groups in total. The quantitative estimate of drug-likeness (QED) is 0.395. The SMILES string of the molecule is Fc1ccc(C#CC2(C(F)(F)F)NC(=S)Nc3ccc(Cl)cc32)cc1. The van der Waals surface area contributed by atoms with Gasteiger partial charge in [0.15, 0.2) is 5.11 Å². The smallest absolute Gasteiger partial charge is 0.335 e. The Hall–Kier alpha value is -2.30. The number of hydrogen-bond acceptors (Lipinski definition) is 1. The lowest BCUT2D eigenvalue weighted by molar-refractivity contribution is -0.177. The van der Waals surface area contributed by atoms with Crippen LogP contribution in [-0.4, -0.2) is 11.3 Å². The topological polar surface area (TPSA) is 24.1 Å². The van der Waals surface area contributed by atoms with Crippen LogP contribution < -0.4 is 10.6 Å². The lowest BCUT2D eigenvalue weighted by atomic mass is 9.86. The molecule has 3 rings (SSSR count). The van der Waals surface area contributed by atoms with Crippen LogP contribution in [0.15, 0.2) is 42.5 Å². The van der Waals surface area contributed by atoms with E-state index in [0.29, 0.717) is 0 Å². The van der Waals surface area contributed by atoms with Crippen LogP contribution in [0, 0.1) is 17.7 Å². The summed E-state index contributed by atoms with van der Waals surface area (Å²) in [6.07, 6.45) is -4.79. The number of fused-ring (bicyclic) bond motifs is 1. The van der Waals surface area contributed by atoms with Crippen molar-refractivity contribution in [3.8, 4) is 11.8 Å². The standard InChI is InChI=1S/C17H9ClF4N2S/c18-11-3-6-14-13(9-11)16(17(20,21)22,24-15(25)23-14)8-7-10-1-4-12(19)5-2-10/h1-6,9H,(H2,23,24,25). The summed E-state index contributed by atoms with van der Waals surface area (Å²) in [6, 6.07) is 8.88. The minimum Gasteiger partial charge on any atom is -0.335 e. The summed E-state index contributed by atoms with van der Waals surface area (Å²) < 4.78 is 54.9. The van der Waals surface area contributed by atoms with E-state index in [0.717, 1.165) is 12.1 Å². The van der Waals surface area contributed by atoms with Crippen LogP contribution in [0.4, 0.5) is 23.2 Å². The molecule has 0 aliphatic carbocycles. The molecule has 25 heavy (non-hydrogen) atoms. The summed E-state index contributed by atoms with van der Waals surface area (Å²) in [7, 11) is 0. The maximum absolute atomic E-state index is 14.0. The fraction of sp³-hybridized carbons (Fsp3) is 0.118. The zero-order valence-electron chi connectivity index (χ0n) is 12.3. The third-order valence-corrected chi connectivity index (χ3v) is 4.04. The summed E-state index contributed by atoms with van der Waals surface area (Å²) in [5.74, 6) is 4.16. The maximum atomic E-state index is 14.0. The van der Waals surface area contributed by atoms with Gasteiger partial charge in [-0.3, -0.25) is 0 Å². The molecule has 8 heteroatoms. The van der Waals surface area contributed by atoms with Gasteiger partial charge in [0.2, 0.25) is 5.54 Å². The first-order valence-corrected chi connectivity index (χ1v) is 7.74. The highest BCUT2D eigenvalue weighted by Gasteiger charge is 2.58. The summed E-state index contributed by atoms with van der Waals surface area (Å²) in [6.45, 7) is 0. The molecule has 1 atom stereocenters. The number of anilines is 1. The molecule has 0 radical (unpaired) electrons. The van der Waals surface area contributed by atoms with Crippen LogP contribution in [0.3, 0.4) is 0 Å². The van der Waals surface area contributed by atoms with Crippen molar-refractivity contribution in [2.75, 3.05) is 5.32 Å². The fourth-order valence-corrected chi connectivity index (χ4v) is 2.85. The lowest BCUT2D eigenvalue weighted by Gasteiger charge is -2.38. The molecule has 1 aliphatic heterocycles. The summed E-state index contributed by atoms with van der Waals surface area (Å²) in [5, 5.41) is 4.81. The van der Waals surface area contributed by atoms with E-state index >= 15 is 0 Å². The summed E-state index contributed by atoms with van der Waals surface area (Å²) >= 11 is 10.8. The van der Waals surface area contributed by atoms with E-state index in [9.17, 15) is 17.6 Å². The largest absolute Gasteiger partial charge is 0.427 e. The number of nitrogens with one attached hydrogen (secondary N) is 2. The average Bonchev–Trinajstić information content (AvgIpc) is 2.53. The Morgan fingerprint density at radius 2 is 1.76 bits per heavy atom. The van der Waals surface area contributed by atoms with Gasteiger partial charge < -0.3 is 10.6 Å². The van der Waals surface area contributed by atoms with Crippen LogP contribution in [0.1, 0.15) is 11.1 Å². The fourth-order valence-electron chi connectivity index (χ4n) is 2.42. The van der Waals surface area contributed by atoms with E-state index in [-0.39, 0.29) is 26.9 Å². The van der Waals surface area contributed by atoms with Crippen LogP contribution in [0.5, 0.6) is 0 Å². The molecule has 0 saturated heterocycles.